The Morgan fingerprint density at radius 3 is 2.16 bits per heavy atom. The van der Waals surface area contributed by atoms with E-state index < -0.39 is 0 Å². The lowest BCUT2D eigenvalue weighted by Gasteiger charge is -2.30. The van der Waals surface area contributed by atoms with Crippen molar-refractivity contribution in [3.8, 4) is 0 Å². The highest BCUT2D eigenvalue weighted by Crippen LogP contribution is 2.31. The molecule has 2 heteroatoms. The van der Waals surface area contributed by atoms with Crippen LogP contribution in [0.2, 0.25) is 0 Å². The van der Waals surface area contributed by atoms with Crippen LogP contribution in [0, 0.1) is 17.8 Å². The predicted octanol–water partition coefficient (Wildman–Crippen LogP) is 6.45. The van der Waals surface area contributed by atoms with E-state index in [1.54, 1.807) is 0 Å². The number of hydrogen-bond donors (Lipinski definition) is 0. The van der Waals surface area contributed by atoms with Gasteiger partial charge in [0, 0.05) is 17.5 Å². The fourth-order valence-corrected chi connectivity index (χ4v) is 3.66. The first-order chi connectivity index (χ1) is 12.0. The standard InChI is InChI=1S/C23H34N2/c1-7-9-21-18(6)24-25-23(22(21)10-8-2)20-13-11-19(12-14-20)15-17(5)16(3)4/h11-14,16,21-22H,5,7-10,15H2,1-4,6H3. The fourth-order valence-electron chi connectivity index (χ4n) is 3.66. The lowest BCUT2D eigenvalue weighted by atomic mass is 9.77. The Morgan fingerprint density at radius 2 is 1.60 bits per heavy atom. The van der Waals surface area contributed by atoms with E-state index in [1.807, 2.05) is 0 Å². The Balaban J connectivity index is 2.24. The molecular formula is C23H34N2. The summed E-state index contributed by atoms with van der Waals surface area (Å²) in [6.45, 7) is 15.3. The maximum atomic E-state index is 4.62. The average Bonchev–Trinajstić information content (AvgIpc) is 2.59. The fraction of sp³-hybridized carbons (Fsp3) is 0.565. The summed E-state index contributed by atoms with van der Waals surface area (Å²) >= 11 is 0. The van der Waals surface area contributed by atoms with E-state index >= 15 is 0 Å². The van der Waals surface area contributed by atoms with Crippen LogP contribution in [0.15, 0.2) is 46.6 Å². The van der Waals surface area contributed by atoms with E-state index in [1.165, 1.54) is 53.8 Å². The molecule has 1 aromatic carbocycles. The molecule has 136 valence electrons. The van der Waals surface area contributed by atoms with Crippen LogP contribution in [0.1, 0.15) is 71.4 Å². The summed E-state index contributed by atoms with van der Waals surface area (Å²) < 4.78 is 0. The van der Waals surface area contributed by atoms with E-state index in [9.17, 15) is 0 Å². The molecule has 0 amide bonds. The third-order valence-electron chi connectivity index (χ3n) is 5.39. The van der Waals surface area contributed by atoms with E-state index in [2.05, 4.69) is 75.7 Å². The van der Waals surface area contributed by atoms with Gasteiger partial charge in [-0.1, -0.05) is 77.0 Å². The molecule has 0 aromatic heterocycles. The number of allylic oxidation sites excluding steroid dienone is 1. The highest BCUT2D eigenvalue weighted by molar-refractivity contribution is 6.06. The van der Waals surface area contributed by atoms with Crippen molar-refractivity contribution in [1.29, 1.82) is 0 Å². The smallest absolute Gasteiger partial charge is 0.0740 e. The molecule has 0 radical (unpaired) electrons. The Kier molecular flexibility index (Phi) is 7.16. The molecule has 0 N–H and O–H groups in total. The van der Waals surface area contributed by atoms with Gasteiger partial charge in [0.05, 0.1) is 5.71 Å². The number of hydrogen-bond acceptors (Lipinski definition) is 2. The molecule has 2 rings (SSSR count). The molecule has 1 heterocycles. The Morgan fingerprint density at radius 1 is 1.00 bits per heavy atom. The van der Waals surface area contributed by atoms with Gasteiger partial charge in [-0.15, -0.1) is 0 Å². The van der Waals surface area contributed by atoms with Crippen molar-refractivity contribution < 1.29 is 0 Å². The monoisotopic (exact) mass is 338 g/mol. The second-order valence-electron chi connectivity index (χ2n) is 7.70. The summed E-state index contributed by atoms with van der Waals surface area (Å²) in [4.78, 5) is 0. The molecule has 0 saturated heterocycles. The van der Waals surface area contributed by atoms with Gasteiger partial charge < -0.3 is 0 Å². The summed E-state index contributed by atoms with van der Waals surface area (Å²) in [7, 11) is 0. The van der Waals surface area contributed by atoms with Gasteiger partial charge >= 0.3 is 0 Å². The lowest BCUT2D eigenvalue weighted by molar-refractivity contribution is 0.450. The third-order valence-corrected chi connectivity index (χ3v) is 5.39. The first-order valence-corrected chi connectivity index (χ1v) is 9.86. The van der Waals surface area contributed by atoms with Gasteiger partial charge in [-0.05, 0) is 43.2 Å². The highest BCUT2D eigenvalue weighted by Gasteiger charge is 2.31. The van der Waals surface area contributed by atoms with Gasteiger partial charge in [0.1, 0.15) is 0 Å². The number of benzene rings is 1. The summed E-state index contributed by atoms with van der Waals surface area (Å²) in [6.07, 6.45) is 5.72. The lowest BCUT2D eigenvalue weighted by Crippen LogP contribution is -2.32. The molecule has 0 spiro atoms. The van der Waals surface area contributed by atoms with Gasteiger partial charge in [-0.3, -0.25) is 0 Å². The minimum atomic E-state index is 0.499. The number of nitrogens with zero attached hydrogens (tertiary/aromatic N) is 2. The van der Waals surface area contributed by atoms with Gasteiger partial charge in [0.15, 0.2) is 0 Å². The molecule has 2 nitrogen and oxygen atoms in total. The molecule has 2 atom stereocenters. The quantitative estimate of drug-likeness (QED) is 0.486. The normalized spacial score (nSPS) is 20.4. The van der Waals surface area contributed by atoms with Crippen LogP contribution in [0.3, 0.4) is 0 Å². The van der Waals surface area contributed by atoms with E-state index in [-0.39, 0.29) is 0 Å². The Labute approximate surface area is 154 Å². The van der Waals surface area contributed by atoms with Gasteiger partial charge in [0.2, 0.25) is 0 Å². The van der Waals surface area contributed by atoms with E-state index in [0.29, 0.717) is 17.8 Å². The van der Waals surface area contributed by atoms with Crippen molar-refractivity contribution in [2.45, 2.75) is 66.7 Å². The van der Waals surface area contributed by atoms with Crippen molar-refractivity contribution in [1.82, 2.24) is 0 Å². The number of rotatable bonds is 8. The molecule has 1 aliphatic heterocycles. The molecule has 0 saturated carbocycles. The second kappa shape index (κ2) is 9.12. The highest BCUT2D eigenvalue weighted by atomic mass is 15.2. The molecule has 1 aromatic rings. The van der Waals surface area contributed by atoms with E-state index in [0.717, 1.165) is 6.42 Å². The van der Waals surface area contributed by atoms with E-state index in [4.69, 9.17) is 0 Å². The first-order valence-electron chi connectivity index (χ1n) is 9.86. The summed E-state index contributed by atoms with van der Waals surface area (Å²) in [5.74, 6) is 1.57. The van der Waals surface area contributed by atoms with Gasteiger partial charge in [-0.2, -0.15) is 10.2 Å². The molecule has 0 aliphatic carbocycles. The topological polar surface area (TPSA) is 24.7 Å². The zero-order chi connectivity index (χ0) is 18.4. The maximum absolute atomic E-state index is 4.62. The van der Waals surface area contributed by atoms with Crippen molar-refractivity contribution in [2.75, 3.05) is 0 Å². The Hall–Kier alpha value is -1.70. The summed E-state index contributed by atoms with van der Waals surface area (Å²) in [5, 5.41) is 9.12. The largest absolute Gasteiger partial charge is 0.160 e. The molecular weight excluding hydrogens is 304 g/mol. The van der Waals surface area contributed by atoms with Crippen LogP contribution in [0.5, 0.6) is 0 Å². The first kappa shape index (κ1) is 19.6. The third kappa shape index (κ3) is 4.90. The minimum Gasteiger partial charge on any atom is -0.160 e. The van der Waals surface area contributed by atoms with Crippen molar-refractivity contribution in [3.05, 3.63) is 47.5 Å². The average molecular weight is 339 g/mol. The molecule has 25 heavy (non-hydrogen) atoms. The molecule has 0 bridgehead atoms. The zero-order valence-corrected chi connectivity index (χ0v) is 16.7. The zero-order valence-electron chi connectivity index (χ0n) is 16.7. The summed E-state index contributed by atoms with van der Waals surface area (Å²) in [5.41, 5.74) is 6.23. The van der Waals surface area contributed by atoms with Crippen LogP contribution < -0.4 is 0 Å². The Bertz CT molecular complexity index is 635. The minimum absolute atomic E-state index is 0.499. The van der Waals surface area contributed by atoms with Crippen LogP contribution >= 0.6 is 0 Å². The molecule has 1 aliphatic rings. The van der Waals surface area contributed by atoms with Crippen LogP contribution in [-0.4, -0.2) is 11.4 Å². The second-order valence-corrected chi connectivity index (χ2v) is 7.70. The molecule has 2 unspecified atom stereocenters. The predicted molar refractivity (Wildman–Crippen MR) is 111 cm³/mol. The van der Waals surface area contributed by atoms with Crippen LogP contribution in [-0.2, 0) is 6.42 Å². The van der Waals surface area contributed by atoms with Gasteiger partial charge in [0.25, 0.3) is 0 Å². The molecule has 0 fully saturated rings. The van der Waals surface area contributed by atoms with Crippen molar-refractivity contribution >= 4 is 11.4 Å². The van der Waals surface area contributed by atoms with Crippen LogP contribution in [0.4, 0.5) is 0 Å². The van der Waals surface area contributed by atoms with Crippen LogP contribution in [0.25, 0.3) is 0 Å². The van der Waals surface area contributed by atoms with Gasteiger partial charge in [-0.25, -0.2) is 0 Å². The van der Waals surface area contributed by atoms with Crippen molar-refractivity contribution in [2.24, 2.45) is 28.0 Å². The van der Waals surface area contributed by atoms with Crippen molar-refractivity contribution in [3.63, 3.8) is 0 Å². The SMILES string of the molecule is C=C(Cc1ccc(C2=NN=C(C)C(CCC)C2CCC)cc1)C(C)C. The summed E-state index contributed by atoms with van der Waals surface area (Å²) in [6, 6.07) is 8.91. The maximum Gasteiger partial charge on any atom is 0.0740 e.